The van der Waals surface area contributed by atoms with E-state index in [1.807, 2.05) is 27.7 Å². The third-order valence-corrected chi connectivity index (χ3v) is 13.8. The number of rotatable bonds is 9. The van der Waals surface area contributed by atoms with Crippen LogP contribution in [0.1, 0.15) is 131 Å². The molecule has 35 heavy (non-hydrogen) atoms. The van der Waals surface area contributed by atoms with E-state index in [-0.39, 0.29) is 5.75 Å². The fourth-order valence-electron chi connectivity index (χ4n) is 8.92. The second-order valence-corrected chi connectivity index (χ2v) is 16.1. The van der Waals surface area contributed by atoms with Crippen molar-refractivity contribution >= 4 is 25.1 Å². The van der Waals surface area contributed by atoms with Gasteiger partial charge >= 0.3 is 192 Å². The first-order valence-electron chi connectivity index (χ1n) is 15.3. The standard InChI is InChI=1S/C26H46O3SSe.2C2H6/c1-25-15-5-3-8-20(25)10-12-22-23-13-11-21(26(23,2)16-14-24(22)25)9-4-6-18-31-19-7-17-30(27,28)29;2*1-2/h20-24H,3-19H2,1-2H3,(H,27,28,29);2*1-2H3. The monoisotopic (exact) mass is 578 g/mol. The maximum absolute atomic E-state index is 10.8. The van der Waals surface area contributed by atoms with Gasteiger partial charge in [-0.05, 0) is 0 Å². The van der Waals surface area contributed by atoms with Crippen molar-refractivity contribution in [2.75, 3.05) is 5.75 Å². The molecule has 1 N–H and O–H groups in total. The molecule has 4 rings (SSSR count). The molecule has 5 heteroatoms. The summed E-state index contributed by atoms with van der Waals surface area (Å²) in [5.41, 5.74) is 1.28. The zero-order valence-corrected chi connectivity index (χ0v) is 26.5. The Morgan fingerprint density at radius 3 is 2.17 bits per heavy atom. The Morgan fingerprint density at radius 2 is 1.46 bits per heavy atom. The van der Waals surface area contributed by atoms with E-state index >= 15 is 0 Å². The summed E-state index contributed by atoms with van der Waals surface area (Å²) in [5, 5.41) is 2.26. The van der Waals surface area contributed by atoms with Gasteiger partial charge in [-0.25, -0.2) is 0 Å². The van der Waals surface area contributed by atoms with E-state index in [1.165, 1.54) is 88.8 Å². The van der Waals surface area contributed by atoms with Crippen LogP contribution in [0.2, 0.25) is 10.6 Å². The number of unbranched alkanes of at least 4 members (excludes halogenated alkanes) is 1. The minimum atomic E-state index is -3.76. The number of hydrogen-bond acceptors (Lipinski definition) is 2. The fraction of sp³-hybridized carbons (Fsp3) is 1.00. The Balaban J connectivity index is 0.00000103. The van der Waals surface area contributed by atoms with Gasteiger partial charge in [0.05, 0.1) is 0 Å². The van der Waals surface area contributed by atoms with Crippen LogP contribution in [-0.4, -0.2) is 33.7 Å². The molecule has 0 saturated heterocycles. The van der Waals surface area contributed by atoms with E-state index in [2.05, 4.69) is 13.8 Å². The van der Waals surface area contributed by atoms with Gasteiger partial charge in [-0.1, -0.05) is 34.1 Å². The molecule has 208 valence electrons. The van der Waals surface area contributed by atoms with Crippen LogP contribution in [0.15, 0.2) is 0 Å². The third kappa shape index (κ3) is 7.73. The van der Waals surface area contributed by atoms with Crippen molar-refractivity contribution < 1.29 is 13.0 Å². The molecule has 7 unspecified atom stereocenters. The Kier molecular flexibility index (Phi) is 13.2. The number of fused-ring (bicyclic) bond motifs is 5. The molecular formula is C30H58O3SSe. The Morgan fingerprint density at radius 1 is 0.771 bits per heavy atom. The molecule has 0 bridgehead atoms. The molecule has 4 aliphatic carbocycles. The van der Waals surface area contributed by atoms with Gasteiger partial charge in [0.25, 0.3) is 0 Å². The van der Waals surface area contributed by atoms with Crippen LogP contribution < -0.4 is 0 Å². The van der Waals surface area contributed by atoms with E-state index in [0.717, 1.165) is 34.9 Å². The van der Waals surface area contributed by atoms with E-state index < -0.39 is 10.1 Å². The van der Waals surface area contributed by atoms with Crippen LogP contribution in [-0.2, 0) is 10.1 Å². The van der Waals surface area contributed by atoms with Crippen molar-refractivity contribution in [1.82, 2.24) is 0 Å². The first-order chi connectivity index (χ1) is 16.7. The normalized spacial score (nSPS) is 38.1. The van der Waals surface area contributed by atoms with Gasteiger partial charge in [0.1, 0.15) is 0 Å². The number of hydrogen-bond donors (Lipinski definition) is 1. The molecule has 0 heterocycles. The predicted molar refractivity (Wildman–Crippen MR) is 153 cm³/mol. The summed E-state index contributed by atoms with van der Waals surface area (Å²) in [6.07, 6.45) is 19.8. The first kappa shape index (κ1) is 31.6. The molecule has 0 aromatic heterocycles. The van der Waals surface area contributed by atoms with E-state index in [1.54, 1.807) is 0 Å². The molecule has 0 spiro atoms. The minimum absolute atomic E-state index is 0.0570. The van der Waals surface area contributed by atoms with Crippen LogP contribution in [0, 0.1) is 40.4 Å². The van der Waals surface area contributed by atoms with Crippen molar-refractivity contribution in [2.24, 2.45) is 40.4 Å². The van der Waals surface area contributed by atoms with Crippen LogP contribution >= 0.6 is 0 Å². The van der Waals surface area contributed by atoms with Crippen molar-refractivity contribution in [3.05, 3.63) is 0 Å². The summed E-state index contributed by atoms with van der Waals surface area (Å²) >= 11 is 0.541. The molecule has 4 saturated carbocycles. The fourth-order valence-corrected chi connectivity index (χ4v) is 11.9. The Bertz CT molecular complexity index is 710. The summed E-state index contributed by atoms with van der Waals surface area (Å²) in [6.45, 7) is 13.4. The molecule has 0 aromatic carbocycles. The van der Waals surface area contributed by atoms with Crippen LogP contribution in [0.3, 0.4) is 0 Å². The van der Waals surface area contributed by atoms with Crippen molar-refractivity contribution in [3.63, 3.8) is 0 Å². The van der Waals surface area contributed by atoms with Crippen molar-refractivity contribution in [1.29, 1.82) is 0 Å². The van der Waals surface area contributed by atoms with Crippen molar-refractivity contribution in [2.45, 2.75) is 142 Å². The average Bonchev–Trinajstić information content (AvgIpc) is 3.18. The van der Waals surface area contributed by atoms with E-state index in [0.29, 0.717) is 32.2 Å². The molecular weight excluding hydrogens is 519 g/mol. The van der Waals surface area contributed by atoms with Gasteiger partial charge in [0.15, 0.2) is 0 Å². The molecule has 0 aliphatic heterocycles. The zero-order valence-electron chi connectivity index (χ0n) is 24.0. The maximum atomic E-state index is 10.8. The van der Waals surface area contributed by atoms with Crippen LogP contribution in [0.4, 0.5) is 0 Å². The van der Waals surface area contributed by atoms with Gasteiger partial charge < -0.3 is 0 Å². The Hall–Kier alpha value is 0.429. The molecule has 0 aromatic rings. The Labute approximate surface area is 225 Å². The topological polar surface area (TPSA) is 54.4 Å². The quantitative estimate of drug-likeness (QED) is 0.169. The van der Waals surface area contributed by atoms with Crippen LogP contribution in [0.5, 0.6) is 0 Å². The molecule has 0 amide bonds. The third-order valence-electron chi connectivity index (χ3n) is 10.6. The molecule has 4 fully saturated rings. The van der Waals surface area contributed by atoms with Crippen molar-refractivity contribution in [3.8, 4) is 0 Å². The molecule has 0 radical (unpaired) electrons. The summed E-state index contributed by atoms with van der Waals surface area (Å²) in [7, 11) is -3.76. The second kappa shape index (κ2) is 14.5. The van der Waals surface area contributed by atoms with Gasteiger partial charge in [-0.2, -0.15) is 0 Å². The molecule has 3 nitrogen and oxygen atoms in total. The van der Waals surface area contributed by atoms with Gasteiger partial charge in [0, 0.05) is 0 Å². The van der Waals surface area contributed by atoms with Gasteiger partial charge in [-0.15, -0.1) is 0 Å². The van der Waals surface area contributed by atoms with Gasteiger partial charge in [-0.3, -0.25) is 0 Å². The first-order valence-corrected chi connectivity index (χ1v) is 19.3. The summed E-state index contributed by atoms with van der Waals surface area (Å²) in [6, 6.07) is 0. The van der Waals surface area contributed by atoms with Crippen LogP contribution in [0.25, 0.3) is 0 Å². The average molecular weight is 578 g/mol. The van der Waals surface area contributed by atoms with E-state index in [4.69, 9.17) is 4.55 Å². The van der Waals surface area contributed by atoms with E-state index in [9.17, 15) is 8.42 Å². The summed E-state index contributed by atoms with van der Waals surface area (Å²) in [5.74, 6) is 4.97. The van der Waals surface area contributed by atoms with Gasteiger partial charge in [0.2, 0.25) is 0 Å². The summed E-state index contributed by atoms with van der Waals surface area (Å²) < 4.78 is 30.4. The second-order valence-electron chi connectivity index (χ2n) is 12.0. The SMILES string of the molecule is CC.CC.CC12CCCCC1CCC1C2CCC2(C)C(CCCC[Se]CCCS(=O)(=O)O)CCC12. The molecule has 7 atom stereocenters. The molecule has 4 aliphatic rings. The predicted octanol–water partition coefficient (Wildman–Crippen LogP) is 9.08. The summed E-state index contributed by atoms with van der Waals surface area (Å²) in [4.78, 5) is 0. The zero-order chi connectivity index (χ0) is 26.1.